The molecule has 0 fully saturated rings. The van der Waals surface area contributed by atoms with E-state index < -0.39 is 11.1 Å². The van der Waals surface area contributed by atoms with Crippen LogP contribution in [0.25, 0.3) is 11.4 Å². The third kappa shape index (κ3) is 14.0. The van der Waals surface area contributed by atoms with Gasteiger partial charge in [0, 0.05) is 68.5 Å². The number of allylic oxidation sites excluding steroid dienone is 1. The molecule has 11 nitrogen and oxygen atoms in total. The predicted molar refractivity (Wildman–Crippen MR) is 388 cm³/mol. The Morgan fingerprint density at radius 3 is 1.32 bits per heavy atom. The van der Waals surface area contributed by atoms with E-state index in [0.717, 1.165) is 46.9 Å². The van der Waals surface area contributed by atoms with Gasteiger partial charge in [0.15, 0.2) is 6.29 Å². The number of carbonyl (C=O) groups excluding carboxylic acids is 4. The van der Waals surface area contributed by atoms with Crippen molar-refractivity contribution in [2.45, 2.75) is 130 Å². The molecule has 0 saturated heterocycles. The lowest BCUT2D eigenvalue weighted by Crippen LogP contribution is -2.53. The minimum atomic E-state index is -0.617. The zero-order chi connectivity index (χ0) is 69.1. The molecule has 0 radical (unpaired) electrons. The van der Waals surface area contributed by atoms with Crippen molar-refractivity contribution in [2.24, 2.45) is 0 Å². The Bertz CT molecular complexity index is 4400. The summed E-state index contributed by atoms with van der Waals surface area (Å²) >= 11 is 0. The molecule has 1 heterocycles. The fraction of sp³-hybridized carbons (Fsp3) is 0.247. The molecule has 0 bridgehead atoms. The number of amides is 2. The number of rotatable bonds is 25. The first-order valence-corrected chi connectivity index (χ1v) is 32.7. The summed E-state index contributed by atoms with van der Waals surface area (Å²) < 4.78 is 25.4. The monoisotopic (exact) mass is 1280 g/mol. The molecule has 1 aliphatic rings. The van der Waals surface area contributed by atoms with Crippen molar-refractivity contribution in [2.75, 3.05) is 11.9 Å². The standard InChI is InChI=1S/C85H87N3O8/c1-17-58-50-55(3)51-59(18-2)79(58)83(10,11)85(14,15)86-56(4)76-52-73(34-21-60(76)54-90)95-70-39-26-63(27-40-70)82(8,9)64-28-41-71(42-29-64)96-74-47-48-75-77(53-74)57(5)88(80(75)92)66-32-45-72(46-33-66)94-68-37-24-62(25-38-68)81(6,7)61-22-35-67(36-23-61)93-69-43-30-65(31-44-69)84(12,13)87(16)78(91)20-19-49-89/h19-54,86H,4-5,17-18H2,1-3,6-16H3/b20-19-. The molecule has 0 spiro atoms. The van der Waals surface area contributed by atoms with Crippen molar-refractivity contribution in [1.82, 2.24) is 10.2 Å². The molecule has 1 N–H and O–H groups in total. The number of nitrogens with one attached hydrogen (secondary N) is 1. The van der Waals surface area contributed by atoms with Crippen molar-refractivity contribution in [1.29, 1.82) is 0 Å². The topological polar surface area (TPSA) is 124 Å². The molecule has 2 amide bonds. The van der Waals surface area contributed by atoms with E-state index in [1.807, 2.05) is 135 Å². The summed E-state index contributed by atoms with van der Waals surface area (Å²) in [7, 11) is 1.71. The van der Waals surface area contributed by atoms with Crippen LogP contribution in [0.2, 0.25) is 0 Å². The summed E-state index contributed by atoms with van der Waals surface area (Å²) in [6.45, 7) is 37.0. The molecule has 10 rings (SSSR count). The van der Waals surface area contributed by atoms with E-state index >= 15 is 0 Å². The quantitative estimate of drug-likeness (QED) is 0.0440. The van der Waals surface area contributed by atoms with Gasteiger partial charge in [-0.15, -0.1) is 0 Å². The molecule has 9 aromatic carbocycles. The van der Waals surface area contributed by atoms with Crippen LogP contribution in [0.4, 0.5) is 5.69 Å². The molecule has 0 aliphatic carbocycles. The summed E-state index contributed by atoms with van der Waals surface area (Å²) in [5.74, 6) is 4.70. The molecular formula is C85H87N3O8. The summed E-state index contributed by atoms with van der Waals surface area (Å²) in [5.41, 5.74) is 12.9. The van der Waals surface area contributed by atoms with Gasteiger partial charge in [-0.2, -0.15) is 0 Å². The zero-order valence-electron chi connectivity index (χ0n) is 57.8. The number of carbonyl (C=O) groups is 4. The number of anilines is 1. The molecular weight excluding hydrogens is 1190 g/mol. The second-order valence-electron chi connectivity index (χ2n) is 27.4. The van der Waals surface area contributed by atoms with E-state index in [9.17, 15) is 19.2 Å². The number of fused-ring (bicyclic) bond motifs is 1. The molecule has 0 unspecified atom stereocenters. The molecule has 0 atom stereocenters. The van der Waals surface area contributed by atoms with Gasteiger partial charge in [0.05, 0.1) is 11.2 Å². The third-order valence-corrected chi connectivity index (χ3v) is 19.7. The zero-order valence-corrected chi connectivity index (χ0v) is 57.8. The number of aldehydes is 2. The van der Waals surface area contributed by atoms with Crippen LogP contribution in [0.5, 0.6) is 46.0 Å². The predicted octanol–water partition coefficient (Wildman–Crippen LogP) is 20.1. The molecule has 9 aromatic rings. The maximum Gasteiger partial charge on any atom is 0.263 e. The van der Waals surface area contributed by atoms with Crippen molar-refractivity contribution < 1.29 is 38.1 Å². The Morgan fingerprint density at radius 2 is 0.906 bits per heavy atom. The van der Waals surface area contributed by atoms with Crippen molar-refractivity contribution in [3.63, 3.8) is 0 Å². The molecule has 490 valence electrons. The first-order chi connectivity index (χ1) is 45.6. The Morgan fingerprint density at radius 1 is 0.521 bits per heavy atom. The van der Waals surface area contributed by atoms with E-state index in [-0.39, 0.29) is 28.1 Å². The summed E-state index contributed by atoms with van der Waals surface area (Å²) in [6.07, 6.45) is 5.80. The van der Waals surface area contributed by atoms with E-state index in [4.69, 9.17) is 18.9 Å². The van der Waals surface area contributed by atoms with Crippen molar-refractivity contribution in [3.8, 4) is 46.0 Å². The molecule has 96 heavy (non-hydrogen) atoms. The number of ether oxygens (including phenoxy) is 4. The number of aryl methyl sites for hydroxylation is 3. The van der Waals surface area contributed by atoms with Gasteiger partial charge in [-0.25, -0.2) is 0 Å². The summed E-state index contributed by atoms with van der Waals surface area (Å²) in [5, 5.41) is 3.74. The minimum Gasteiger partial charge on any atom is -0.457 e. The van der Waals surface area contributed by atoms with Crippen LogP contribution in [0, 0.1) is 6.92 Å². The Labute approximate surface area is 566 Å². The smallest absolute Gasteiger partial charge is 0.263 e. The first kappa shape index (κ1) is 68.3. The highest BCUT2D eigenvalue weighted by molar-refractivity contribution is 6.22. The SMILES string of the molecule is C=C(NC(C)(C)C(C)(C)c1c(CC)cc(C)cc1CC)c1cc(Oc2ccc(C(C)(C)c3ccc(Oc4ccc5c(c4)C(=C)N(c4ccc(Oc6ccc(C(C)(C)c7ccc(Oc8ccc(C(C)(C)N(C)C(=O)/C=C\C=O)cc8)cc7)cc6)cc4)C5=O)cc3)cc2)ccc1C=O. The van der Waals surface area contributed by atoms with Crippen LogP contribution in [0.1, 0.15) is 165 Å². The minimum absolute atomic E-state index is 0.176. The van der Waals surface area contributed by atoms with Gasteiger partial charge in [-0.1, -0.05) is 147 Å². The Kier molecular flexibility index (Phi) is 19.5. The van der Waals surface area contributed by atoms with Crippen molar-refractivity contribution >= 4 is 41.5 Å². The van der Waals surface area contributed by atoms with E-state index in [1.54, 1.807) is 29.0 Å². The first-order valence-electron chi connectivity index (χ1n) is 32.7. The lowest BCUT2D eigenvalue weighted by Gasteiger charge is -2.46. The fourth-order valence-corrected chi connectivity index (χ4v) is 12.8. The van der Waals surface area contributed by atoms with E-state index in [0.29, 0.717) is 91.6 Å². The maximum absolute atomic E-state index is 13.9. The molecule has 0 aromatic heterocycles. The normalized spacial score (nSPS) is 12.7. The van der Waals surface area contributed by atoms with E-state index in [1.165, 1.54) is 34.4 Å². The average Bonchev–Trinajstić information content (AvgIpc) is 1.15. The second kappa shape index (κ2) is 27.4. The number of benzene rings is 9. The van der Waals surface area contributed by atoms with Crippen LogP contribution < -0.4 is 29.2 Å². The van der Waals surface area contributed by atoms with Crippen LogP contribution in [-0.2, 0) is 44.2 Å². The number of likely N-dealkylation sites (N-methyl/N-ethyl adjacent to an activating group) is 1. The molecule has 0 saturated carbocycles. The van der Waals surface area contributed by atoms with Crippen molar-refractivity contribution in [3.05, 3.63) is 292 Å². The summed E-state index contributed by atoms with van der Waals surface area (Å²) in [6, 6.07) is 62.9. The average molecular weight is 1280 g/mol. The largest absolute Gasteiger partial charge is 0.457 e. The molecule has 11 heteroatoms. The van der Waals surface area contributed by atoms with Gasteiger partial charge in [-0.05, 0) is 219 Å². The third-order valence-electron chi connectivity index (χ3n) is 19.7. The highest BCUT2D eigenvalue weighted by Gasteiger charge is 2.42. The second-order valence-corrected chi connectivity index (χ2v) is 27.4. The van der Waals surface area contributed by atoms with Crippen LogP contribution in [0.3, 0.4) is 0 Å². The Balaban J connectivity index is 0.722. The highest BCUT2D eigenvalue weighted by atomic mass is 16.5. The van der Waals surface area contributed by atoms with Gasteiger partial charge in [0.2, 0.25) is 5.91 Å². The van der Waals surface area contributed by atoms with Gasteiger partial charge < -0.3 is 29.2 Å². The Hall–Kier alpha value is -10.5. The number of hydrogen-bond acceptors (Lipinski definition) is 9. The van der Waals surface area contributed by atoms with Crippen LogP contribution in [0.15, 0.2) is 219 Å². The number of nitrogens with zero attached hydrogens (tertiary/aromatic N) is 2. The lowest BCUT2D eigenvalue weighted by molar-refractivity contribution is -0.129. The fourth-order valence-electron chi connectivity index (χ4n) is 12.8. The highest BCUT2D eigenvalue weighted by Crippen LogP contribution is 2.44. The van der Waals surface area contributed by atoms with E-state index in [2.05, 4.69) is 155 Å². The van der Waals surface area contributed by atoms with Crippen LogP contribution in [-0.4, -0.2) is 41.9 Å². The molecule has 1 aliphatic heterocycles. The van der Waals surface area contributed by atoms with Crippen LogP contribution >= 0.6 is 0 Å². The van der Waals surface area contributed by atoms with Gasteiger partial charge >= 0.3 is 0 Å². The van der Waals surface area contributed by atoms with Gasteiger partial charge in [0.1, 0.15) is 52.3 Å². The summed E-state index contributed by atoms with van der Waals surface area (Å²) in [4.78, 5) is 52.9. The van der Waals surface area contributed by atoms with Gasteiger partial charge in [0.25, 0.3) is 5.91 Å². The lowest BCUT2D eigenvalue weighted by atomic mass is 9.66. The number of hydrogen-bond donors (Lipinski definition) is 1. The van der Waals surface area contributed by atoms with Gasteiger partial charge in [-0.3, -0.25) is 24.1 Å². The maximum atomic E-state index is 13.9.